The van der Waals surface area contributed by atoms with E-state index in [1.54, 1.807) is 0 Å². The molecule has 6 aliphatic rings. The lowest BCUT2D eigenvalue weighted by molar-refractivity contribution is -0.388. The Kier molecular flexibility index (Phi) is 19.7. The molecule has 30 atom stereocenters. The average Bonchev–Trinajstić information content (AvgIpc) is 3.32. The maximum Gasteiger partial charge on any atom is 0.187 e. The number of hydrogen-bond donors (Lipinski definition) is 20. The maximum absolute atomic E-state index is 11.4. The molecular weight excluding hydrogens is 944 g/mol. The lowest BCUT2D eigenvalue weighted by Gasteiger charge is -2.50. The molecule has 6 rings (SSSR count). The third-order valence-corrected chi connectivity index (χ3v) is 13.0. The van der Waals surface area contributed by atoms with E-state index in [-0.39, 0.29) is 0 Å². The van der Waals surface area contributed by atoms with E-state index in [9.17, 15) is 97.0 Å². The molecule has 67 heavy (non-hydrogen) atoms. The number of rotatable bonds is 16. The van der Waals surface area contributed by atoms with Crippen molar-refractivity contribution in [2.75, 3.05) is 39.6 Å². The van der Waals surface area contributed by atoms with Crippen LogP contribution in [0.3, 0.4) is 0 Å². The fraction of sp³-hybridized carbons (Fsp3) is 1.00. The molecule has 31 heteroatoms. The third kappa shape index (κ3) is 11.4. The SMILES string of the molecule is OC[C@H]1O[C@H](O[C@H]2[C@H](O)[C@@H](O)[C@@H](O[C@H]3[C@H](O)[C@@H](O)[C@@H](O[C@H]4[C@H](O)[C@@H](S)[C@@H](O[C@H]5[C@H](O)[C@@H](O)[C@@H](O[C@H]6[C@H](O)[C@@H](O)[C@@H](O)O[C@@H]6CO)O[C@@H]5CO)O[C@@H]4CO)O[C@@H]3CO)O[C@@H]2CO)[C@H](O)[C@@H](O)[C@@H]1O. The molecule has 0 saturated carbocycles. The minimum absolute atomic E-state index is 0.822. The fourth-order valence-electron chi connectivity index (χ4n) is 8.52. The first-order valence-electron chi connectivity index (χ1n) is 21.1. The van der Waals surface area contributed by atoms with Gasteiger partial charge in [-0.25, -0.2) is 0 Å². The molecule has 0 unspecified atom stereocenters. The van der Waals surface area contributed by atoms with Gasteiger partial charge in [-0.3, -0.25) is 0 Å². The van der Waals surface area contributed by atoms with Crippen LogP contribution < -0.4 is 0 Å². The van der Waals surface area contributed by atoms with Crippen LogP contribution in [0.25, 0.3) is 0 Å². The van der Waals surface area contributed by atoms with Crippen molar-refractivity contribution in [2.45, 2.75) is 183 Å². The predicted octanol–water partition coefficient (Wildman–Crippen LogP) is -13.2. The minimum atomic E-state index is -2.12. The maximum atomic E-state index is 11.4. The van der Waals surface area contributed by atoms with Crippen LogP contribution in [0.1, 0.15) is 0 Å². The number of aliphatic hydroxyl groups is 19. The second-order valence-electron chi connectivity index (χ2n) is 16.8. The zero-order chi connectivity index (χ0) is 49.3. The molecule has 30 nitrogen and oxygen atoms in total. The molecule has 0 bridgehead atoms. The zero-order valence-corrected chi connectivity index (χ0v) is 35.9. The van der Waals surface area contributed by atoms with Crippen molar-refractivity contribution in [3.05, 3.63) is 0 Å². The van der Waals surface area contributed by atoms with Gasteiger partial charge in [0, 0.05) is 0 Å². The minimum Gasteiger partial charge on any atom is -0.394 e. The van der Waals surface area contributed by atoms with E-state index >= 15 is 0 Å². The van der Waals surface area contributed by atoms with E-state index in [4.69, 9.17) is 52.1 Å². The van der Waals surface area contributed by atoms with Crippen LogP contribution in [0.15, 0.2) is 0 Å². The third-order valence-electron chi connectivity index (χ3n) is 12.4. The second kappa shape index (κ2) is 23.8. The van der Waals surface area contributed by atoms with Crippen molar-refractivity contribution in [1.82, 2.24) is 0 Å². The Bertz CT molecular complexity index is 1500. The Labute approximate surface area is 384 Å². The summed E-state index contributed by atoms with van der Waals surface area (Å²) in [5, 5.41) is 197. The number of thiol groups is 1. The van der Waals surface area contributed by atoms with Crippen molar-refractivity contribution in [2.24, 2.45) is 0 Å². The highest BCUT2D eigenvalue weighted by Crippen LogP contribution is 2.37. The van der Waals surface area contributed by atoms with Crippen LogP contribution >= 0.6 is 12.6 Å². The molecule has 392 valence electrons. The molecule has 0 aliphatic carbocycles. The van der Waals surface area contributed by atoms with Crippen molar-refractivity contribution < 1.29 is 149 Å². The van der Waals surface area contributed by atoms with Crippen LogP contribution in [-0.2, 0) is 52.1 Å². The van der Waals surface area contributed by atoms with Gasteiger partial charge in [-0.15, -0.1) is 0 Å². The topological polar surface area (TPSA) is 486 Å². The monoisotopic (exact) mass is 1010 g/mol. The Morgan fingerprint density at radius 2 is 0.522 bits per heavy atom. The molecule has 0 amide bonds. The molecule has 0 aromatic rings. The summed E-state index contributed by atoms with van der Waals surface area (Å²) in [7, 11) is 0. The van der Waals surface area contributed by atoms with Gasteiger partial charge in [-0.2, -0.15) is 12.6 Å². The summed E-state index contributed by atoms with van der Waals surface area (Å²) >= 11 is 4.34. The summed E-state index contributed by atoms with van der Waals surface area (Å²) in [6, 6.07) is 0. The molecule has 6 fully saturated rings. The van der Waals surface area contributed by atoms with Crippen LogP contribution in [0, 0.1) is 0 Å². The Morgan fingerprint density at radius 1 is 0.269 bits per heavy atom. The predicted molar refractivity (Wildman–Crippen MR) is 206 cm³/mol. The Hall–Kier alpha value is -0.850. The van der Waals surface area contributed by atoms with Gasteiger partial charge in [0.05, 0.1) is 51.0 Å². The molecule has 6 aliphatic heterocycles. The smallest absolute Gasteiger partial charge is 0.187 e. The van der Waals surface area contributed by atoms with Crippen molar-refractivity contribution >= 4 is 12.6 Å². The summed E-state index contributed by atoms with van der Waals surface area (Å²) in [6.45, 7) is -5.46. The summed E-state index contributed by atoms with van der Waals surface area (Å²) in [6.07, 6.45) is -52.6. The van der Waals surface area contributed by atoms with Crippen LogP contribution in [0.2, 0.25) is 0 Å². The Morgan fingerprint density at radius 3 is 0.866 bits per heavy atom. The standard InChI is InChI=1S/C36H62O30S/c37-1-7-13(43)14(44)20(50)32(57-7)63-26-9(3-39)58-34(21(51)16(26)46)64-27-10(4-40)59-35(22(52)17(27)47)65-29-12(6-42)61-36(30(67)24(29)54)66-28-11(5-41)60-33(23(53)18(28)48)62-25-8(2-38)56-31(55)19(49)15(25)45/h7-55,67H,1-6H2/t7-,8-,9-,10-,11-,12-,13-,14+,15-,16-,17-,18-,19-,20-,21-,22-,23-,24+,25-,26-,27-,28-,29-,30-,31+,32-,33-,34-,35-,36-/m1/s1. The van der Waals surface area contributed by atoms with E-state index < -0.39 is 223 Å². The van der Waals surface area contributed by atoms with E-state index in [1.807, 2.05) is 0 Å². The fourth-order valence-corrected chi connectivity index (χ4v) is 8.83. The van der Waals surface area contributed by atoms with Gasteiger partial charge in [0.2, 0.25) is 0 Å². The van der Waals surface area contributed by atoms with Gasteiger partial charge in [-0.1, -0.05) is 0 Å². The molecule has 0 spiro atoms. The van der Waals surface area contributed by atoms with Crippen molar-refractivity contribution in [3.8, 4) is 0 Å². The Balaban J connectivity index is 1.07. The molecule has 19 N–H and O–H groups in total. The van der Waals surface area contributed by atoms with Gasteiger partial charge >= 0.3 is 0 Å². The van der Waals surface area contributed by atoms with Crippen LogP contribution in [0.4, 0.5) is 0 Å². The molecule has 6 saturated heterocycles. The number of ether oxygens (including phenoxy) is 11. The molecule has 0 aromatic carbocycles. The first kappa shape index (κ1) is 55.5. The zero-order valence-electron chi connectivity index (χ0n) is 35.0. The molecule has 6 heterocycles. The van der Waals surface area contributed by atoms with Gasteiger partial charge < -0.3 is 149 Å². The largest absolute Gasteiger partial charge is 0.394 e. The first-order valence-corrected chi connectivity index (χ1v) is 21.7. The summed E-state index contributed by atoms with van der Waals surface area (Å²) in [5.41, 5.74) is 0. The molecule has 0 aromatic heterocycles. The van der Waals surface area contributed by atoms with Gasteiger partial charge in [-0.05, 0) is 0 Å². The second-order valence-corrected chi connectivity index (χ2v) is 17.4. The van der Waals surface area contributed by atoms with Gasteiger partial charge in [0.15, 0.2) is 37.7 Å². The van der Waals surface area contributed by atoms with Gasteiger partial charge in [0.1, 0.15) is 134 Å². The highest BCUT2D eigenvalue weighted by atomic mass is 32.1. The van der Waals surface area contributed by atoms with E-state index in [2.05, 4.69) is 12.6 Å². The molecule has 0 radical (unpaired) electrons. The van der Waals surface area contributed by atoms with Crippen molar-refractivity contribution in [1.29, 1.82) is 0 Å². The summed E-state index contributed by atoms with van der Waals surface area (Å²) in [4.78, 5) is 0. The lowest BCUT2D eigenvalue weighted by atomic mass is 9.95. The van der Waals surface area contributed by atoms with Crippen LogP contribution in [0.5, 0.6) is 0 Å². The number of aliphatic hydroxyl groups excluding tert-OH is 19. The normalized spacial score (nSPS) is 53.4. The van der Waals surface area contributed by atoms with E-state index in [0.717, 1.165) is 0 Å². The van der Waals surface area contributed by atoms with E-state index in [1.165, 1.54) is 0 Å². The first-order chi connectivity index (χ1) is 31.8. The molecular formula is C36H62O30S. The average molecular weight is 1010 g/mol. The number of hydrogen-bond acceptors (Lipinski definition) is 31. The van der Waals surface area contributed by atoms with Gasteiger partial charge in [0.25, 0.3) is 0 Å². The lowest BCUT2D eigenvalue weighted by Crippen LogP contribution is -2.68. The summed E-state index contributed by atoms with van der Waals surface area (Å²) in [5.74, 6) is 0. The highest BCUT2D eigenvalue weighted by molar-refractivity contribution is 7.81. The van der Waals surface area contributed by atoms with Crippen LogP contribution in [-0.4, -0.2) is 320 Å². The van der Waals surface area contributed by atoms with E-state index in [0.29, 0.717) is 0 Å². The summed E-state index contributed by atoms with van der Waals surface area (Å²) < 4.78 is 61.2. The quantitative estimate of drug-likeness (QED) is 0.0638. The highest BCUT2D eigenvalue weighted by Gasteiger charge is 2.57. The van der Waals surface area contributed by atoms with Crippen molar-refractivity contribution in [3.63, 3.8) is 0 Å².